The van der Waals surface area contributed by atoms with E-state index in [0.717, 1.165) is 48.0 Å². The molecule has 1 fully saturated rings. The molecule has 138 valence electrons. The lowest BCUT2D eigenvalue weighted by Gasteiger charge is -2.22. The molecular formula is C23H26N4. The first kappa shape index (κ1) is 17.7. The van der Waals surface area contributed by atoms with Crippen LogP contribution in [0.25, 0.3) is 11.1 Å². The van der Waals surface area contributed by atoms with Gasteiger partial charge in [-0.05, 0) is 55.5 Å². The zero-order valence-electron chi connectivity index (χ0n) is 16.4. The fourth-order valence-corrected chi connectivity index (χ4v) is 3.91. The number of pyridine rings is 1. The molecule has 3 heterocycles. The van der Waals surface area contributed by atoms with Crippen LogP contribution in [0.15, 0.2) is 59.0 Å². The lowest BCUT2D eigenvalue weighted by molar-refractivity contribution is 0.575. The van der Waals surface area contributed by atoms with Crippen LogP contribution in [0.4, 0.5) is 5.69 Å². The first-order chi connectivity index (χ1) is 13.0. The smallest absolute Gasteiger partial charge is 0.0943 e. The summed E-state index contributed by atoms with van der Waals surface area (Å²) < 4.78 is 0. The lowest BCUT2D eigenvalue weighted by Crippen LogP contribution is -2.18. The summed E-state index contributed by atoms with van der Waals surface area (Å²) in [6, 6.07) is 10.8. The van der Waals surface area contributed by atoms with Crippen molar-refractivity contribution in [3.05, 3.63) is 60.1 Å². The van der Waals surface area contributed by atoms with E-state index in [1.54, 1.807) is 0 Å². The highest BCUT2D eigenvalue weighted by molar-refractivity contribution is 6.13. The second kappa shape index (κ2) is 7.10. The number of aromatic nitrogens is 1. The van der Waals surface area contributed by atoms with Gasteiger partial charge < -0.3 is 4.90 Å². The molecule has 0 aliphatic carbocycles. The number of aryl methyl sites for hydroxylation is 1. The number of rotatable bonds is 4. The summed E-state index contributed by atoms with van der Waals surface area (Å²) in [6.45, 7) is 11.8. The maximum absolute atomic E-state index is 4.61. The van der Waals surface area contributed by atoms with Gasteiger partial charge in [0.15, 0.2) is 0 Å². The van der Waals surface area contributed by atoms with Gasteiger partial charge in [0.1, 0.15) is 0 Å². The molecule has 0 saturated carbocycles. The largest absolute Gasteiger partial charge is 0.345 e. The average Bonchev–Trinajstić information content (AvgIpc) is 3.27. The number of hydrogen-bond acceptors (Lipinski definition) is 4. The molecule has 4 heteroatoms. The Bertz CT molecular complexity index is 937. The lowest BCUT2D eigenvalue weighted by atomic mass is 10.0. The number of benzene rings is 1. The highest BCUT2D eigenvalue weighted by Crippen LogP contribution is 2.35. The van der Waals surface area contributed by atoms with Crippen LogP contribution < -0.4 is 4.90 Å². The third-order valence-corrected chi connectivity index (χ3v) is 5.57. The summed E-state index contributed by atoms with van der Waals surface area (Å²) in [4.78, 5) is 6.99. The molecule has 0 amide bonds. The standard InChI is InChI=1S/C23H26N4/c1-5-18-12-17(4)27(14-18)23-9-7-19(10-15(23)2)20-6-8-21(24-13-20)22-11-16(3)25-26-22/h6-10,13,18H,4-5,11-12,14H2,1-3H3. The van der Waals surface area contributed by atoms with Crippen LogP contribution in [0.2, 0.25) is 0 Å². The molecule has 1 aromatic heterocycles. The van der Waals surface area contributed by atoms with Gasteiger partial charge in [-0.2, -0.15) is 10.2 Å². The summed E-state index contributed by atoms with van der Waals surface area (Å²) in [5.41, 5.74) is 8.99. The van der Waals surface area contributed by atoms with Crippen molar-refractivity contribution < 1.29 is 0 Å². The third kappa shape index (κ3) is 3.44. The van der Waals surface area contributed by atoms with Crippen molar-refractivity contribution in [1.29, 1.82) is 0 Å². The molecule has 1 atom stereocenters. The molecular weight excluding hydrogens is 332 g/mol. The Hall–Kier alpha value is -2.75. The SMILES string of the molecule is C=C1CC(CC)CN1c1ccc(-c2ccc(C3=NN=C(C)C3)nc2)cc1C. The summed E-state index contributed by atoms with van der Waals surface area (Å²) in [6.07, 6.45) is 5.04. The van der Waals surface area contributed by atoms with E-state index in [1.165, 1.54) is 28.9 Å². The predicted octanol–water partition coefficient (Wildman–Crippen LogP) is 5.38. The van der Waals surface area contributed by atoms with Gasteiger partial charge in [0.05, 0.1) is 11.4 Å². The summed E-state index contributed by atoms with van der Waals surface area (Å²) in [5, 5.41) is 8.31. The Kier molecular flexibility index (Phi) is 4.65. The quantitative estimate of drug-likeness (QED) is 0.736. The molecule has 0 spiro atoms. The number of hydrogen-bond donors (Lipinski definition) is 0. The van der Waals surface area contributed by atoms with E-state index in [2.05, 4.69) is 64.8 Å². The third-order valence-electron chi connectivity index (χ3n) is 5.57. The van der Waals surface area contributed by atoms with E-state index in [9.17, 15) is 0 Å². The number of anilines is 1. The molecule has 2 aliphatic rings. The number of nitrogens with zero attached hydrogens (tertiary/aromatic N) is 4. The average molecular weight is 358 g/mol. The maximum Gasteiger partial charge on any atom is 0.0943 e. The molecule has 1 aromatic carbocycles. The van der Waals surface area contributed by atoms with Crippen molar-refractivity contribution >= 4 is 17.1 Å². The van der Waals surface area contributed by atoms with Crippen LogP contribution in [0.3, 0.4) is 0 Å². The van der Waals surface area contributed by atoms with Gasteiger partial charge in [-0.1, -0.05) is 32.1 Å². The van der Waals surface area contributed by atoms with Crippen LogP contribution in [-0.2, 0) is 0 Å². The molecule has 0 bridgehead atoms. The minimum atomic E-state index is 0.722. The van der Waals surface area contributed by atoms with Crippen molar-refractivity contribution in [3.63, 3.8) is 0 Å². The highest BCUT2D eigenvalue weighted by atomic mass is 15.2. The van der Waals surface area contributed by atoms with E-state index < -0.39 is 0 Å². The molecule has 4 rings (SSSR count). The monoisotopic (exact) mass is 358 g/mol. The van der Waals surface area contributed by atoms with Gasteiger partial charge in [-0.15, -0.1) is 0 Å². The van der Waals surface area contributed by atoms with E-state index in [1.807, 2.05) is 19.2 Å². The minimum Gasteiger partial charge on any atom is -0.345 e. The summed E-state index contributed by atoms with van der Waals surface area (Å²) in [5.74, 6) is 0.722. The van der Waals surface area contributed by atoms with Gasteiger partial charge >= 0.3 is 0 Å². The van der Waals surface area contributed by atoms with Crippen LogP contribution in [0, 0.1) is 12.8 Å². The normalized spacial score (nSPS) is 19.4. The Morgan fingerprint density at radius 2 is 1.93 bits per heavy atom. The van der Waals surface area contributed by atoms with Gasteiger partial charge in [0.2, 0.25) is 0 Å². The fourth-order valence-electron chi connectivity index (χ4n) is 3.91. The Labute approximate surface area is 161 Å². The van der Waals surface area contributed by atoms with E-state index in [0.29, 0.717) is 0 Å². The van der Waals surface area contributed by atoms with Gasteiger partial charge in [0.25, 0.3) is 0 Å². The molecule has 1 saturated heterocycles. The molecule has 2 aliphatic heterocycles. The fraction of sp³-hybridized carbons (Fsp3) is 0.348. The van der Waals surface area contributed by atoms with Gasteiger partial charge in [-0.25, -0.2) is 0 Å². The van der Waals surface area contributed by atoms with Crippen molar-refractivity contribution in [3.8, 4) is 11.1 Å². The van der Waals surface area contributed by atoms with Crippen LogP contribution in [0.5, 0.6) is 0 Å². The molecule has 0 radical (unpaired) electrons. The van der Waals surface area contributed by atoms with E-state index in [4.69, 9.17) is 0 Å². The molecule has 4 nitrogen and oxygen atoms in total. The Morgan fingerprint density at radius 1 is 1.11 bits per heavy atom. The molecule has 27 heavy (non-hydrogen) atoms. The second-order valence-corrected chi connectivity index (χ2v) is 7.65. The Morgan fingerprint density at radius 3 is 2.52 bits per heavy atom. The highest BCUT2D eigenvalue weighted by Gasteiger charge is 2.25. The van der Waals surface area contributed by atoms with Gasteiger partial charge in [0, 0.05) is 41.8 Å². The van der Waals surface area contributed by atoms with E-state index in [-0.39, 0.29) is 0 Å². The number of allylic oxidation sites excluding steroid dienone is 1. The van der Waals surface area contributed by atoms with Crippen LogP contribution in [0.1, 0.15) is 44.4 Å². The van der Waals surface area contributed by atoms with Crippen LogP contribution >= 0.6 is 0 Å². The molecule has 1 unspecified atom stereocenters. The first-order valence-corrected chi connectivity index (χ1v) is 9.68. The van der Waals surface area contributed by atoms with E-state index >= 15 is 0 Å². The summed E-state index contributed by atoms with van der Waals surface area (Å²) >= 11 is 0. The van der Waals surface area contributed by atoms with Crippen LogP contribution in [-0.4, -0.2) is 23.0 Å². The zero-order chi connectivity index (χ0) is 19.0. The topological polar surface area (TPSA) is 40.9 Å². The zero-order valence-corrected chi connectivity index (χ0v) is 16.4. The van der Waals surface area contributed by atoms with Gasteiger partial charge in [-0.3, -0.25) is 4.98 Å². The second-order valence-electron chi connectivity index (χ2n) is 7.65. The van der Waals surface area contributed by atoms with Crippen molar-refractivity contribution in [2.75, 3.05) is 11.4 Å². The van der Waals surface area contributed by atoms with Crippen molar-refractivity contribution in [1.82, 2.24) is 4.98 Å². The Balaban J connectivity index is 1.55. The van der Waals surface area contributed by atoms with Crippen molar-refractivity contribution in [2.45, 2.75) is 40.0 Å². The summed E-state index contributed by atoms with van der Waals surface area (Å²) in [7, 11) is 0. The maximum atomic E-state index is 4.61. The first-order valence-electron chi connectivity index (χ1n) is 9.68. The minimum absolute atomic E-state index is 0.722. The van der Waals surface area contributed by atoms with Crippen molar-refractivity contribution in [2.24, 2.45) is 16.1 Å². The molecule has 0 N–H and O–H groups in total. The predicted molar refractivity (Wildman–Crippen MR) is 114 cm³/mol. The molecule has 2 aromatic rings.